The van der Waals surface area contributed by atoms with Crippen LogP contribution in [0.15, 0.2) is 113 Å². The smallest absolute Gasteiger partial charge is 0.333 e. The SMILES string of the molecule is O=c1n(Cc2ccc(F)c(F)c2)ccn1-c1ccc(S(=O)(=O)Nc2ccc(CCNC[C@H](O)c3cccnc3)cc2)cc1. The maximum absolute atomic E-state index is 13.5. The van der Waals surface area contributed by atoms with Gasteiger partial charge in [-0.3, -0.25) is 18.8 Å². The van der Waals surface area contributed by atoms with Crippen LogP contribution in [0.2, 0.25) is 0 Å². The molecule has 2 aromatic heterocycles. The van der Waals surface area contributed by atoms with Gasteiger partial charge < -0.3 is 10.4 Å². The second-order valence-electron chi connectivity index (χ2n) is 9.88. The molecule has 0 aliphatic heterocycles. The highest BCUT2D eigenvalue weighted by molar-refractivity contribution is 7.92. The highest BCUT2D eigenvalue weighted by atomic mass is 32.2. The number of benzene rings is 3. The fourth-order valence-electron chi connectivity index (χ4n) is 4.47. The van der Waals surface area contributed by atoms with E-state index in [-0.39, 0.29) is 11.4 Å². The van der Waals surface area contributed by atoms with E-state index in [1.165, 1.54) is 51.9 Å². The molecule has 9 nitrogen and oxygen atoms in total. The van der Waals surface area contributed by atoms with Gasteiger partial charge in [0.2, 0.25) is 0 Å². The first-order valence-corrected chi connectivity index (χ1v) is 14.9. The summed E-state index contributed by atoms with van der Waals surface area (Å²) in [7, 11) is -3.89. The highest BCUT2D eigenvalue weighted by Gasteiger charge is 2.15. The van der Waals surface area contributed by atoms with E-state index in [9.17, 15) is 27.1 Å². The van der Waals surface area contributed by atoms with Gasteiger partial charge in [-0.25, -0.2) is 22.0 Å². The first kappa shape index (κ1) is 29.8. The van der Waals surface area contributed by atoms with E-state index in [2.05, 4.69) is 15.0 Å². The van der Waals surface area contributed by atoms with Crippen molar-refractivity contribution in [3.63, 3.8) is 0 Å². The summed E-state index contributed by atoms with van der Waals surface area (Å²) in [5.74, 6) is -1.96. The average Bonchev–Trinajstić information content (AvgIpc) is 3.37. The van der Waals surface area contributed by atoms with Gasteiger partial charge in [0.1, 0.15) is 0 Å². The Labute approximate surface area is 247 Å². The summed E-state index contributed by atoms with van der Waals surface area (Å²) < 4.78 is 57.9. The van der Waals surface area contributed by atoms with Crippen LogP contribution in [0.25, 0.3) is 5.69 Å². The van der Waals surface area contributed by atoms with Gasteiger partial charge in [-0.15, -0.1) is 0 Å². The van der Waals surface area contributed by atoms with Crippen LogP contribution >= 0.6 is 0 Å². The minimum atomic E-state index is -3.89. The first-order valence-electron chi connectivity index (χ1n) is 13.4. The van der Waals surface area contributed by atoms with Crippen molar-refractivity contribution < 1.29 is 22.3 Å². The molecule has 12 heteroatoms. The highest BCUT2D eigenvalue weighted by Crippen LogP contribution is 2.19. The van der Waals surface area contributed by atoms with E-state index in [0.29, 0.717) is 36.4 Å². The number of sulfonamides is 1. The van der Waals surface area contributed by atoms with Crippen molar-refractivity contribution in [3.05, 3.63) is 142 Å². The van der Waals surface area contributed by atoms with Gasteiger partial charge in [0.05, 0.1) is 23.2 Å². The molecule has 3 aromatic carbocycles. The summed E-state index contributed by atoms with van der Waals surface area (Å²) in [6, 6.07) is 19.9. The van der Waals surface area contributed by atoms with Crippen molar-refractivity contribution in [1.82, 2.24) is 19.4 Å². The Kier molecular flexibility index (Phi) is 9.10. The lowest BCUT2D eigenvalue weighted by Gasteiger charge is -2.12. The van der Waals surface area contributed by atoms with Crippen LogP contribution in [0.4, 0.5) is 14.5 Å². The van der Waals surface area contributed by atoms with E-state index in [1.54, 1.807) is 30.6 Å². The second-order valence-corrected chi connectivity index (χ2v) is 11.6. The molecule has 222 valence electrons. The zero-order valence-corrected chi connectivity index (χ0v) is 23.7. The number of aromatic nitrogens is 3. The van der Waals surface area contributed by atoms with Crippen LogP contribution in [-0.2, 0) is 23.0 Å². The molecule has 5 aromatic rings. The molecule has 0 aliphatic rings. The summed E-state index contributed by atoms with van der Waals surface area (Å²) in [6.07, 6.45) is 6.35. The Morgan fingerprint density at radius 2 is 1.65 bits per heavy atom. The molecule has 0 amide bonds. The first-order chi connectivity index (χ1) is 20.7. The summed E-state index contributed by atoms with van der Waals surface area (Å²) in [6.45, 7) is 1.07. The van der Waals surface area contributed by atoms with Crippen molar-refractivity contribution in [3.8, 4) is 5.69 Å². The summed E-state index contributed by atoms with van der Waals surface area (Å²) in [5, 5.41) is 13.4. The zero-order valence-electron chi connectivity index (χ0n) is 22.9. The molecule has 0 unspecified atom stereocenters. The number of anilines is 1. The number of nitrogens with zero attached hydrogens (tertiary/aromatic N) is 3. The summed E-state index contributed by atoms with van der Waals surface area (Å²) in [5.41, 5.74) is 2.59. The summed E-state index contributed by atoms with van der Waals surface area (Å²) in [4.78, 5) is 16.9. The van der Waals surface area contributed by atoms with E-state index < -0.39 is 33.5 Å². The van der Waals surface area contributed by atoms with Gasteiger partial charge in [0, 0.05) is 42.6 Å². The lowest BCUT2D eigenvalue weighted by Crippen LogP contribution is -2.23. The quantitative estimate of drug-likeness (QED) is 0.185. The molecule has 0 fully saturated rings. The summed E-state index contributed by atoms with van der Waals surface area (Å²) >= 11 is 0. The van der Waals surface area contributed by atoms with Gasteiger partial charge in [-0.1, -0.05) is 24.3 Å². The van der Waals surface area contributed by atoms with Crippen LogP contribution in [0.5, 0.6) is 0 Å². The maximum Gasteiger partial charge on any atom is 0.333 e. The van der Waals surface area contributed by atoms with Gasteiger partial charge in [0.25, 0.3) is 10.0 Å². The molecule has 43 heavy (non-hydrogen) atoms. The van der Waals surface area contributed by atoms with Crippen molar-refractivity contribution in [2.75, 3.05) is 17.8 Å². The predicted molar refractivity (Wildman–Crippen MR) is 159 cm³/mol. The molecule has 5 rings (SSSR count). The molecule has 0 aliphatic carbocycles. The number of pyridine rings is 1. The van der Waals surface area contributed by atoms with Crippen LogP contribution in [-0.4, -0.2) is 40.7 Å². The number of halogens is 2. The van der Waals surface area contributed by atoms with Crippen LogP contribution < -0.4 is 15.7 Å². The zero-order chi connectivity index (χ0) is 30.4. The normalized spacial score (nSPS) is 12.3. The minimum absolute atomic E-state index is 0.0194. The molecular formula is C31H29F2N5O4S. The van der Waals surface area contributed by atoms with Crippen LogP contribution in [0.1, 0.15) is 22.8 Å². The van der Waals surface area contributed by atoms with E-state index >= 15 is 0 Å². The van der Waals surface area contributed by atoms with E-state index in [1.807, 2.05) is 18.2 Å². The van der Waals surface area contributed by atoms with Gasteiger partial charge in [0.15, 0.2) is 11.6 Å². The number of nitrogens with one attached hydrogen (secondary N) is 2. The average molecular weight is 606 g/mol. The Balaban J connectivity index is 1.16. The molecule has 2 heterocycles. The molecule has 3 N–H and O–H groups in total. The third-order valence-corrected chi connectivity index (χ3v) is 8.21. The van der Waals surface area contributed by atoms with Crippen molar-refractivity contribution in [2.45, 2.75) is 24.0 Å². The second kappa shape index (κ2) is 13.1. The van der Waals surface area contributed by atoms with Crippen molar-refractivity contribution >= 4 is 15.7 Å². The fraction of sp³-hybridized carbons (Fsp3) is 0.161. The van der Waals surface area contributed by atoms with E-state index in [4.69, 9.17) is 0 Å². The third-order valence-electron chi connectivity index (χ3n) is 6.81. The van der Waals surface area contributed by atoms with Gasteiger partial charge in [-0.2, -0.15) is 0 Å². The van der Waals surface area contributed by atoms with Crippen LogP contribution in [0.3, 0.4) is 0 Å². The Morgan fingerprint density at radius 3 is 2.35 bits per heavy atom. The largest absolute Gasteiger partial charge is 0.387 e. The minimum Gasteiger partial charge on any atom is -0.387 e. The molecule has 0 radical (unpaired) electrons. The van der Waals surface area contributed by atoms with Crippen molar-refractivity contribution in [1.29, 1.82) is 0 Å². The number of aliphatic hydroxyl groups excluding tert-OH is 1. The maximum atomic E-state index is 13.5. The molecule has 0 saturated heterocycles. The van der Waals surface area contributed by atoms with Crippen molar-refractivity contribution in [2.24, 2.45) is 0 Å². The number of hydrogen-bond donors (Lipinski definition) is 3. The number of rotatable bonds is 12. The number of aliphatic hydroxyl groups is 1. The Morgan fingerprint density at radius 1 is 0.907 bits per heavy atom. The molecule has 1 atom stereocenters. The Hall–Kier alpha value is -4.65. The predicted octanol–water partition coefficient (Wildman–Crippen LogP) is 4.03. The van der Waals surface area contributed by atoms with Gasteiger partial charge >= 0.3 is 5.69 Å². The standard InChI is InChI=1S/C31H29F2N5O4S/c32-28-12-5-23(18-29(28)33)21-37-16-17-38(31(37)40)26-8-10-27(11-9-26)43(41,42)36-25-6-3-22(4-7-25)13-15-35-20-30(39)24-2-1-14-34-19-24/h1-12,14,16-19,30,35-36,39H,13,15,20-21H2/t30-/m0/s1. The Bertz CT molecular complexity index is 1840. The van der Waals surface area contributed by atoms with Gasteiger partial charge in [-0.05, 0) is 78.7 Å². The lowest BCUT2D eigenvalue weighted by atomic mass is 10.1. The number of hydrogen-bond acceptors (Lipinski definition) is 6. The molecule has 0 spiro atoms. The molecule has 0 saturated carbocycles. The third kappa shape index (κ3) is 7.41. The molecule has 0 bridgehead atoms. The van der Waals surface area contributed by atoms with E-state index in [0.717, 1.165) is 23.3 Å². The monoisotopic (exact) mass is 605 g/mol. The molecular weight excluding hydrogens is 576 g/mol. The lowest BCUT2D eigenvalue weighted by molar-refractivity contribution is 0.174. The fourth-order valence-corrected chi connectivity index (χ4v) is 5.53. The number of imidazole rings is 1. The van der Waals surface area contributed by atoms with Crippen LogP contribution in [0, 0.1) is 11.6 Å². The topological polar surface area (TPSA) is 118 Å².